The summed E-state index contributed by atoms with van der Waals surface area (Å²) >= 11 is 1.25. The molecule has 0 fully saturated rings. The molecule has 3 rings (SSSR count). The quantitative estimate of drug-likeness (QED) is 0.543. The smallest absolute Gasteiger partial charge is 0.338 e. The molecule has 1 amide bonds. The van der Waals surface area contributed by atoms with Gasteiger partial charge >= 0.3 is 5.97 Å². The largest absolute Gasteiger partial charge is 0.497 e. The average Bonchev–Trinajstić information content (AvgIpc) is 2.83. The Kier molecular flexibility index (Phi) is 8.59. The maximum Gasteiger partial charge on any atom is 0.338 e. The summed E-state index contributed by atoms with van der Waals surface area (Å²) in [5.74, 6) is 0.689. The van der Waals surface area contributed by atoms with Crippen molar-refractivity contribution in [1.29, 1.82) is 0 Å². The summed E-state index contributed by atoms with van der Waals surface area (Å²) in [5.41, 5.74) is 3.54. The van der Waals surface area contributed by atoms with Crippen LogP contribution in [0.5, 0.6) is 11.5 Å². The number of amidine groups is 1. The van der Waals surface area contributed by atoms with Gasteiger partial charge in [0, 0.05) is 23.0 Å². The number of nitrogens with one attached hydrogen (secondary N) is 2. The second-order valence-corrected chi connectivity index (χ2v) is 8.50. The van der Waals surface area contributed by atoms with Crippen LogP contribution in [-0.2, 0) is 14.3 Å². The van der Waals surface area contributed by atoms with Crippen molar-refractivity contribution < 1.29 is 23.8 Å². The first kappa shape index (κ1) is 25.2. The number of ether oxygens (including phenoxy) is 3. The molecule has 0 aliphatic carbocycles. The second kappa shape index (κ2) is 11.6. The number of benzene rings is 2. The van der Waals surface area contributed by atoms with Crippen molar-refractivity contribution in [1.82, 2.24) is 5.32 Å². The molecule has 34 heavy (non-hydrogen) atoms. The topological polar surface area (TPSA) is 98.2 Å². The number of esters is 1. The van der Waals surface area contributed by atoms with E-state index < -0.39 is 12.0 Å². The van der Waals surface area contributed by atoms with Crippen LogP contribution in [0.15, 0.2) is 58.7 Å². The third kappa shape index (κ3) is 6.11. The molecule has 0 aromatic heterocycles. The van der Waals surface area contributed by atoms with Gasteiger partial charge in [-0.05, 0) is 45.0 Å². The lowest BCUT2D eigenvalue weighted by Crippen LogP contribution is -2.31. The van der Waals surface area contributed by atoms with Crippen LogP contribution < -0.4 is 20.1 Å². The fourth-order valence-corrected chi connectivity index (χ4v) is 4.18. The predicted molar refractivity (Wildman–Crippen MR) is 134 cm³/mol. The minimum atomic E-state index is -0.663. The molecule has 8 nitrogen and oxygen atoms in total. The number of thioether (sulfide) groups is 1. The highest BCUT2D eigenvalue weighted by molar-refractivity contribution is 8.14. The number of aryl methyl sites for hydroxylation is 1. The van der Waals surface area contributed by atoms with E-state index in [9.17, 15) is 9.59 Å². The van der Waals surface area contributed by atoms with Crippen molar-refractivity contribution in [3.05, 3.63) is 64.9 Å². The van der Waals surface area contributed by atoms with Gasteiger partial charge in [-0.1, -0.05) is 29.5 Å². The molecule has 0 unspecified atom stereocenters. The summed E-state index contributed by atoms with van der Waals surface area (Å²) in [5, 5.41) is 6.53. The van der Waals surface area contributed by atoms with E-state index >= 15 is 0 Å². The molecule has 180 valence electrons. The normalized spacial score (nSPS) is 15.2. The summed E-state index contributed by atoms with van der Waals surface area (Å²) in [6.07, 6.45) is 0. The first-order valence-electron chi connectivity index (χ1n) is 10.8. The molecule has 0 radical (unpaired) electrons. The molecule has 2 aromatic carbocycles. The van der Waals surface area contributed by atoms with E-state index in [1.165, 1.54) is 11.8 Å². The molecular weight excluding hydrogens is 454 g/mol. The minimum Gasteiger partial charge on any atom is -0.497 e. The standard InChI is InChI=1S/C25H29N3O5S/c1-6-33-24(30)22-16(3)26-25(34-14-21(29)27-17-9-7-15(2)8-10-17)28-23(22)19-12-11-18(31-4)13-20(19)32-5/h7-13,23H,6,14H2,1-5H3,(H,26,28)(H,27,29)/t23-/m1/s1. The summed E-state index contributed by atoms with van der Waals surface area (Å²) < 4.78 is 16.1. The van der Waals surface area contributed by atoms with Crippen LogP contribution in [0.4, 0.5) is 5.69 Å². The lowest BCUT2D eigenvalue weighted by Gasteiger charge is -2.26. The number of aliphatic imine (C=N–C) groups is 1. The number of hydrogen-bond acceptors (Lipinski definition) is 8. The van der Waals surface area contributed by atoms with Gasteiger partial charge in [0.05, 0.1) is 32.2 Å². The molecule has 1 aliphatic rings. The maximum absolute atomic E-state index is 12.8. The molecule has 1 atom stereocenters. The van der Waals surface area contributed by atoms with Gasteiger partial charge in [0.25, 0.3) is 0 Å². The van der Waals surface area contributed by atoms with Crippen LogP contribution >= 0.6 is 11.8 Å². The molecular formula is C25H29N3O5S. The van der Waals surface area contributed by atoms with E-state index in [0.29, 0.717) is 33.5 Å². The number of hydrogen-bond donors (Lipinski definition) is 2. The molecule has 0 spiro atoms. The number of carbonyl (C=O) groups excluding carboxylic acids is 2. The van der Waals surface area contributed by atoms with E-state index in [1.807, 2.05) is 37.3 Å². The number of anilines is 1. The summed E-state index contributed by atoms with van der Waals surface area (Å²) in [4.78, 5) is 30.0. The highest BCUT2D eigenvalue weighted by Crippen LogP contribution is 2.39. The first-order chi connectivity index (χ1) is 16.4. The Morgan fingerprint density at radius 3 is 2.47 bits per heavy atom. The second-order valence-electron chi connectivity index (χ2n) is 7.53. The third-order valence-corrected chi connectivity index (χ3v) is 6.01. The van der Waals surface area contributed by atoms with Crippen LogP contribution in [0.3, 0.4) is 0 Å². The number of methoxy groups -OCH3 is 2. The van der Waals surface area contributed by atoms with Crippen LogP contribution in [0.1, 0.15) is 31.0 Å². The summed E-state index contributed by atoms with van der Waals surface area (Å²) in [7, 11) is 3.12. The van der Waals surface area contributed by atoms with Gasteiger partial charge < -0.3 is 24.8 Å². The molecule has 2 aromatic rings. The van der Waals surface area contributed by atoms with Gasteiger partial charge in [0.15, 0.2) is 5.17 Å². The van der Waals surface area contributed by atoms with Gasteiger partial charge in [-0.3, -0.25) is 4.79 Å². The van der Waals surface area contributed by atoms with Gasteiger partial charge in [-0.2, -0.15) is 0 Å². The number of rotatable bonds is 8. The monoisotopic (exact) mass is 483 g/mol. The van der Waals surface area contributed by atoms with E-state index in [1.54, 1.807) is 40.2 Å². The molecule has 2 N–H and O–H groups in total. The Hall–Kier alpha value is -3.46. The highest BCUT2D eigenvalue weighted by atomic mass is 32.2. The lowest BCUT2D eigenvalue weighted by atomic mass is 9.95. The van der Waals surface area contributed by atoms with E-state index in [4.69, 9.17) is 19.2 Å². The zero-order valence-electron chi connectivity index (χ0n) is 19.9. The highest BCUT2D eigenvalue weighted by Gasteiger charge is 2.32. The molecule has 9 heteroatoms. The molecule has 1 aliphatic heterocycles. The van der Waals surface area contributed by atoms with Crippen LogP contribution in [0, 0.1) is 6.92 Å². The Balaban J connectivity index is 1.84. The van der Waals surface area contributed by atoms with Crippen LogP contribution in [-0.4, -0.2) is 43.6 Å². The van der Waals surface area contributed by atoms with Crippen LogP contribution in [0.25, 0.3) is 0 Å². The molecule has 0 saturated carbocycles. The Morgan fingerprint density at radius 1 is 1.09 bits per heavy atom. The SMILES string of the molecule is CCOC(=O)C1=C(C)NC(SCC(=O)Nc2ccc(C)cc2)=N[C@@H]1c1ccc(OC)cc1OC. The summed E-state index contributed by atoms with van der Waals surface area (Å²) in [6.45, 7) is 5.77. The van der Waals surface area contributed by atoms with E-state index in [-0.39, 0.29) is 18.3 Å². The van der Waals surface area contributed by atoms with Gasteiger partial charge in [0.2, 0.25) is 5.91 Å². The Bertz CT molecular complexity index is 1110. The first-order valence-corrected chi connectivity index (χ1v) is 11.8. The summed E-state index contributed by atoms with van der Waals surface area (Å²) in [6, 6.07) is 12.3. The fourth-order valence-electron chi connectivity index (χ4n) is 3.43. The minimum absolute atomic E-state index is 0.147. The van der Waals surface area contributed by atoms with E-state index in [0.717, 1.165) is 11.3 Å². The molecule has 0 bridgehead atoms. The van der Waals surface area contributed by atoms with Crippen molar-refractivity contribution >= 4 is 34.5 Å². The number of amides is 1. The maximum atomic E-state index is 12.8. The van der Waals surface area contributed by atoms with Crippen molar-refractivity contribution in [2.24, 2.45) is 4.99 Å². The lowest BCUT2D eigenvalue weighted by molar-refractivity contribution is -0.139. The van der Waals surface area contributed by atoms with Crippen LogP contribution in [0.2, 0.25) is 0 Å². The predicted octanol–water partition coefficient (Wildman–Crippen LogP) is 4.22. The zero-order chi connectivity index (χ0) is 24.7. The zero-order valence-corrected chi connectivity index (χ0v) is 20.7. The van der Waals surface area contributed by atoms with Crippen molar-refractivity contribution in [2.75, 3.05) is 31.9 Å². The average molecular weight is 484 g/mol. The van der Waals surface area contributed by atoms with Crippen molar-refractivity contribution in [3.63, 3.8) is 0 Å². The Labute approximate surface area is 203 Å². The van der Waals surface area contributed by atoms with Gasteiger partial charge in [-0.15, -0.1) is 0 Å². The fraction of sp³-hybridized carbons (Fsp3) is 0.320. The Morgan fingerprint density at radius 2 is 1.82 bits per heavy atom. The number of nitrogens with zero attached hydrogens (tertiary/aromatic N) is 1. The van der Waals surface area contributed by atoms with Gasteiger partial charge in [-0.25, -0.2) is 9.79 Å². The van der Waals surface area contributed by atoms with Crippen molar-refractivity contribution in [2.45, 2.75) is 26.8 Å². The third-order valence-electron chi connectivity index (χ3n) is 5.12. The molecule has 1 heterocycles. The molecule has 0 saturated heterocycles. The number of allylic oxidation sites excluding steroid dienone is 1. The van der Waals surface area contributed by atoms with Gasteiger partial charge in [0.1, 0.15) is 17.5 Å². The van der Waals surface area contributed by atoms with E-state index in [2.05, 4.69) is 10.6 Å². The number of carbonyl (C=O) groups is 2. The van der Waals surface area contributed by atoms with Crippen molar-refractivity contribution in [3.8, 4) is 11.5 Å².